The fourth-order valence-electron chi connectivity index (χ4n) is 2.85. The second-order valence-corrected chi connectivity index (χ2v) is 6.58. The van der Waals surface area contributed by atoms with Gasteiger partial charge in [0.25, 0.3) is 5.91 Å². The van der Waals surface area contributed by atoms with Crippen LogP contribution in [0.1, 0.15) is 47.0 Å². The van der Waals surface area contributed by atoms with Crippen molar-refractivity contribution < 1.29 is 13.7 Å². The molecule has 0 spiro atoms. The zero-order chi connectivity index (χ0) is 18.1. The molecule has 1 aromatic heterocycles. The third kappa shape index (κ3) is 3.22. The molecule has 1 N–H and O–H groups in total. The first-order valence-electron chi connectivity index (χ1n) is 8.62. The zero-order valence-corrected chi connectivity index (χ0v) is 14.3. The van der Waals surface area contributed by atoms with Gasteiger partial charge in [0.1, 0.15) is 5.82 Å². The van der Waals surface area contributed by atoms with Gasteiger partial charge in [-0.25, -0.2) is 4.39 Å². The van der Waals surface area contributed by atoms with Gasteiger partial charge >= 0.3 is 0 Å². The normalized spacial score (nSPS) is 14.1. The van der Waals surface area contributed by atoms with Crippen LogP contribution in [0.2, 0.25) is 0 Å². The Labute approximate surface area is 150 Å². The van der Waals surface area contributed by atoms with E-state index in [4.69, 9.17) is 4.52 Å². The highest BCUT2D eigenvalue weighted by atomic mass is 19.1. The van der Waals surface area contributed by atoms with Crippen molar-refractivity contribution >= 4 is 11.6 Å². The van der Waals surface area contributed by atoms with Gasteiger partial charge in [0.05, 0.1) is 0 Å². The lowest BCUT2D eigenvalue weighted by Crippen LogP contribution is -2.12. The van der Waals surface area contributed by atoms with E-state index >= 15 is 0 Å². The number of anilines is 1. The van der Waals surface area contributed by atoms with Gasteiger partial charge in [0.15, 0.2) is 0 Å². The number of aryl methyl sites for hydroxylation is 1. The molecule has 4 rings (SSSR count). The van der Waals surface area contributed by atoms with Gasteiger partial charge in [-0.3, -0.25) is 4.79 Å². The number of benzene rings is 2. The minimum atomic E-state index is -0.355. The standard InChI is InChI=1S/C20H18FN3O2/c1-12-8-9-16(11-17(12)21)22-19(25)15-7-3-6-14(10-15)18-23-20(26-24-18)13-4-2-5-13/h3,6-11,13H,2,4-5H2,1H3,(H,22,25). The summed E-state index contributed by atoms with van der Waals surface area (Å²) in [6, 6.07) is 11.6. The molecule has 0 unspecified atom stereocenters. The first-order valence-corrected chi connectivity index (χ1v) is 8.62. The van der Waals surface area contributed by atoms with Crippen LogP contribution in [0.4, 0.5) is 10.1 Å². The number of rotatable bonds is 4. The van der Waals surface area contributed by atoms with E-state index in [2.05, 4.69) is 15.5 Å². The van der Waals surface area contributed by atoms with Crippen molar-refractivity contribution in [2.75, 3.05) is 5.32 Å². The van der Waals surface area contributed by atoms with Crippen molar-refractivity contribution in [3.63, 3.8) is 0 Å². The van der Waals surface area contributed by atoms with Crippen LogP contribution in [-0.4, -0.2) is 16.0 Å². The van der Waals surface area contributed by atoms with E-state index < -0.39 is 0 Å². The predicted octanol–water partition coefficient (Wildman–Crippen LogP) is 4.70. The zero-order valence-electron chi connectivity index (χ0n) is 14.3. The predicted molar refractivity (Wildman–Crippen MR) is 95.4 cm³/mol. The van der Waals surface area contributed by atoms with Crippen molar-refractivity contribution in [3.8, 4) is 11.4 Å². The number of hydrogen-bond donors (Lipinski definition) is 1. The first kappa shape index (κ1) is 16.4. The number of hydrogen-bond acceptors (Lipinski definition) is 4. The molecule has 1 aliphatic carbocycles. The molecule has 5 nitrogen and oxygen atoms in total. The number of carbonyl (C=O) groups excluding carboxylic acids is 1. The third-order valence-electron chi connectivity index (χ3n) is 4.71. The molecule has 0 saturated heterocycles. The fraction of sp³-hybridized carbons (Fsp3) is 0.250. The summed E-state index contributed by atoms with van der Waals surface area (Å²) in [4.78, 5) is 16.9. The molecule has 2 aromatic carbocycles. The van der Waals surface area contributed by atoms with Gasteiger partial charge in [0.2, 0.25) is 11.7 Å². The van der Waals surface area contributed by atoms with Crippen LogP contribution in [0.15, 0.2) is 47.0 Å². The summed E-state index contributed by atoms with van der Waals surface area (Å²) < 4.78 is 19.0. The second kappa shape index (κ2) is 6.71. The number of halogens is 1. The van der Waals surface area contributed by atoms with Crippen molar-refractivity contribution in [2.24, 2.45) is 0 Å². The van der Waals surface area contributed by atoms with Gasteiger partial charge in [-0.1, -0.05) is 29.8 Å². The van der Waals surface area contributed by atoms with Crippen LogP contribution in [0.3, 0.4) is 0 Å². The van der Waals surface area contributed by atoms with E-state index in [1.165, 1.54) is 12.5 Å². The molecule has 26 heavy (non-hydrogen) atoms. The molecule has 1 fully saturated rings. The van der Waals surface area contributed by atoms with Gasteiger partial charge < -0.3 is 9.84 Å². The van der Waals surface area contributed by atoms with Crippen LogP contribution in [-0.2, 0) is 0 Å². The number of carbonyl (C=O) groups is 1. The highest BCUT2D eigenvalue weighted by Crippen LogP contribution is 2.36. The van der Waals surface area contributed by atoms with Crippen LogP contribution in [0, 0.1) is 12.7 Å². The van der Waals surface area contributed by atoms with E-state index in [0.29, 0.717) is 40.0 Å². The van der Waals surface area contributed by atoms with Crippen molar-refractivity contribution in [1.82, 2.24) is 10.1 Å². The summed E-state index contributed by atoms with van der Waals surface area (Å²) in [5.74, 6) is 0.822. The van der Waals surface area contributed by atoms with Gasteiger partial charge in [0, 0.05) is 22.7 Å². The van der Waals surface area contributed by atoms with Crippen LogP contribution < -0.4 is 5.32 Å². The molecule has 0 atom stereocenters. The average molecular weight is 351 g/mol. The Bertz CT molecular complexity index is 963. The first-order chi connectivity index (χ1) is 12.6. The second-order valence-electron chi connectivity index (χ2n) is 6.58. The number of nitrogens with one attached hydrogen (secondary N) is 1. The Kier molecular flexibility index (Phi) is 4.24. The van der Waals surface area contributed by atoms with Crippen molar-refractivity contribution in [1.29, 1.82) is 0 Å². The summed E-state index contributed by atoms with van der Waals surface area (Å²) in [5.41, 5.74) is 2.10. The Morgan fingerprint density at radius 2 is 2.08 bits per heavy atom. The highest BCUT2D eigenvalue weighted by molar-refractivity contribution is 6.04. The quantitative estimate of drug-likeness (QED) is 0.739. The van der Waals surface area contributed by atoms with Gasteiger partial charge in [-0.2, -0.15) is 4.98 Å². The van der Waals surface area contributed by atoms with E-state index in [-0.39, 0.29) is 11.7 Å². The van der Waals surface area contributed by atoms with E-state index in [9.17, 15) is 9.18 Å². The maximum atomic E-state index is 13.6. The number of aromatic nitrogens is 2. The van der Waals surface area contributed by atoms with Crippen LogP contribution >= 0.6 is 0 Å². The maximum absolute atomic E-state index is 13.6. The monoisotopic (exact) mass is 351 g/mol. The highest BCUT2D eigenvalue weighted by Gasteiger charge is 2.25. The van der Waals surface area contributed by atoms with E-state index in [0.717, 1.165) is 12.8 Å². The van der Waals surface area contributed by atoms with Crippen LogP contribution in [0.5, 0.6) is 0 Å². The lowest BCUT2D eigenvalue weighted by Gasteiger charge is -2.20. The number of amides is 1. The van der Waals surface area contributed by atoms with Gasteiger partial charge in [-0.05, 0) is 49.6 Å². The smallest absolute Gasteiger partial charge is 0.255 e. The summed E-state index contributed by atoms with van der Waals surface area (Å²) in [6.45, 7) is 1.67. The number of nitrogens with zero attached hydrogens (tertiary/aromatic N) is 2. The average Bonchev–Trinajstić information content (AvgIpc) is 3.06. The third-order valence-corrected chi connectivity index (χ3v) is 4.71. The Morgan fingerprint density at radius 3 is 2.81 bits per heavy atom. The van der Waals surface area contributed by atoms with E-state index in [1.54, 1.807) is 37.3 Å². The molecule has 1 heterocycles. The molecule has 6 heteroatoms. The Balaban J connectivity index is 1.53. The molecule has 0 aliphatic heterocycles. The maximum Gasteiger partial charge on any atom is 0.255 e. The summed E-state index contributed by atoms with van der Waals surface area (Å²) in [6.07, 6.45) is 3.35. The van der Waals surface area contributed by atoms with Crippen LogP contribution in [0.25, 0.3) is 11.4 Å². The summed E-state index contributed by atoms with van der Waals surface area (Å²) in [5, 5.41) is 6.73. The van der Waals surface area contributed by atoms with E-state index in [1.807, 2.05) is 6.07 Å². The van der Waals surface area contributed by atoms with Gasteiger partial charge in [-0.15, -0.1) is 0 Å². The molecule has 132 valence electrons. The fourth-order valence-corrected chi connectivity index (χ4v) is 2.85. The molecular formula is C20H18FN3O2. The minimum absolute atomic E-state index is 0.321. The minimum Gasteiger partial charge on any atom is -0.339 e. The SMILES string of the molecule is Cc1ccc(NC(=O)c2cccc(-c3noc(C4CCC4)n3)c2)cc1F. The lowest BCUT2D eigenvalue weighted by molar-refractivity contribution is 0.102. The molecule has 3 aromatic rings. The Morgan fingerprint density at radius 1 is 1.23 bits per heavy atom. The molecule has 1 amide bonds. The van der Waals surface area contributed by atoms with Crippen molar-refractivity contribution in [3.05, 3.63) is 65.3 Å². The lowest BCUT2D eigenvalue weighted by atomic mass is 9.85. The summed E-state index contributed by atoms with van der Waals surface area (Å²) >= 11 is 0. The molecule has 1 saturated carbocycles. The topological polar surface area (TPSA) is 68.0 Å². The molecule has 1 aliphatic rings. The largest absolute Gasteiger partial charge is 0.339 e. The Hall–Kier alpha value is -3.02. The molecule has 0 bridgehead atoms. The molecular weight excluding hydrogens is 333 g/mol. The van der Waals surface area contributed by atoms with Crippen molar-refractivity contribution in [2.45, 2.75) is 32.1 Å². The summed E-state index contributed by atoms with van der Waals surface area (Å²) in [7, 11) is 0. The molecule has 0 radical (unpaired) electrons.